The number of nitrogens with zero attached hydrogens (tertiary/aromatic N) is 1. The SMILES string of the molecule is CN1CCC(Nc2cc3c(cc2Cl)NC(=O)C3)CC1. The molecule has 1 aromatic rings. The number of carbonyl (C=O) groups excluding carboxylic acids is 1. The Morgan fingerprint density at radius 2 is 2.11 bits per heavy atom. The van der Waals surface area contributed by atoms with Crippen molar-refractivity contribution in [1.29, 1.82) is 0 Å². The second-order valence-electron chi connectivity index (χ2n) is 5.44. The van der Waals surface area contributed by atoms with Crippen LogP contribution in [0.1, 0.15) is 18.4 Å². The number of likely N-dealkylation sites (tertiary alicyclic amines) is 1. The quantitative estimate of drug-likeness (QED) is 0.873. The predicted octanol–water partition coefficient (Wildman–Crippen LogP) is 2.34. The number of carbonyl (C=O) groups is 1. The van der Waals surface area contributed by atoms with E-state index in [9.17, 15) is 4.79 Å². The first-order valence-electron chi connectivity index (χ1n) is 6.69. The molecule has 0 aromatic heterocycles. The highest BCUT2D eigenvalue weighted by molar-refractivity contribution is 6.33. The van der Waals surface area contributed by atoms with Crippen LogP contribution in [0.2, 0.25) is 5.02 Å². The normalized spacial score (nSPS) is 20.2. The van der Waals surface area contributed by atoms with Gasteiger partial charge in [0, 0.05) is 11.7 Å². The summed E-state index contributed by atoms with van der Waals surface area (Å²) in [5.74, 6) is 0.0440. The van der Waals surface area contributed by atoms with Crippen LogP contribution in [0.25, 0.3) is 0 Å². The Bertz CT molecular complexity index is 510. The molecule has 0 bridgehead atoms. The molecule has 1 aromatic carbocycles. The average molecular weight is 280 g/mol. The third-order valence-electron chi connectivity index (χ3n) is 3.90. The van der Waals surface area contributed by atoms with Gasteiger partial charge in [0.15, 0.2) is 0 Å². The zero-order valence-corrected chi connectivity index (χ0v) is 11.8. The van der Waals surface area contributed by atoms with Crippen molar-refractivity contribution >= 4 is 28.9 Å². The Hall–Kier alpha value is -1.26. The van der Waals surface area contributed by atoms with E-state index in [-0.39, 0.29) is 5.91 Å². The zero-order chi connectivity index (χ0) is 13.4. The van der Waals surface area contributed by atoms with Crippen LogP contribution in [0.5, 0.6) is 0 Å². The van der Waals surface area contributed by atoms with Gasteiger partial charge in [-0.2, -0.15) is 0 Å². The van der Waals surface area contributed by atoms with Crippen LogP contribution < -0.4 is 10.6 Å². The third kappa shape index (κ3) is 2.69. The first-order chi connectivity index (χ1) is 9.11. The number of halogens is 1. The molecule has 4 nitrogen and oxygen atoms in total. The number of amides is 1. The van der Waals surface area contributed by atoms with Crippen molar-refractivity contribution in [2.75, 3.05) is 30.8 Å². The molecule has 0 radical (unpaired) electrons. The molecule has 19 heavy (non-hydrogen) atoms. The Labute approximate surface area is 118 Å². The van der Waals surface area contributed by atoms with Crippen molar-refractivity contribution in [1.82, 2.24) is 4.90 Å². The number of piperidine rings is 1. The Balaban J connectivity index is 1.75. The van der Waals surface area contributed by atoms with Crippen LogP contribution in [0.4, 0.5) is 11.4 Å². The molecule has 2 N–H and O–H groups in total. The summed E-state index contributed by atoms with van der Waals surface area (Å²) < 4.78 is 0. The van der Waals surface area contributed by atoms with Crippen molar-refractivity contribution in [2.45, 2.75) is 25.3 Å². The van der Waals surface area contributed by atoms with Crippen molar-refractivity contribution in [3.8, 4) is 0 Å². The minimum Gasteiger partial charge on any atom is -0.381 e. The van der Waals surface area contributed by atoms with Crippen molar-refractivity contribution in [3.05, 3.63) is 22.7 Å². The largest absolute Gasteiger partial charge is 0.381 e. The lowest BCUT2D eigenvalue weighted by molar-refractivity contribution is -0.115. The van der Waals surface area contributed by atoms with Gasteiger partial charge in [-0.1, -0.05) is 11.6 Å². The lowest BCUT2D eigenvalue weighted by atomic mass is 10.0. The summed E-state index contributed by atoms with van der Waals surface area (Å²) in [5.41, 5.74) is 2.83. The van der Waals surface area contributed by atoms with E-state index in [4.69, 9.17) is 11.6 Å². The van der Waals surface area contributed by atoms with E-state index in [0.29, 0.717) is 17.5 Å². The standard InChI is InChI=1S/C14H18ClN3O/c1-18-4-2-10(3-5-18)16-13-6-9-7-14(19)17-12(9)8-11(13)15/h6,8,10,16H,2-5,7H2,1H3,(H,17,19). The molecular formula is C14H18ClN3O. The highest BCUT2D eigenvalue weighted by atomic mass is 35.5. The van der Waals surface area contributed by atoms with Gasteiger partial charge in [-0.25, -0.2) is 0 Å². The molecule has 0 unspecified atom stereocenters. The summed E-state index contributed by atoms with van der Waals surface area (Å²) in [6, 6.07) is 4.32. The van der Waals surface area contributed by atoms with Gasteiger partial charge in [-0.05, 0) is 50.7 Å². The highest BCUT2D eigenvalue weighted by Gasteiger charge is 2.21. The van der Waals surface area contributed by atoms with Crippen LogP contribution in [0, 0.1) is 0 Å². The topological polar surface area (TPSA) is 44.4 Å². The number of nitrogens with one attached hydrogen (secondary N) is 2. The molecule has 1 fully saturated rings. The summed E-state index contributed by atoms with van der Waals surface area (Å²) in [4.78, 5) is 13.7. The molecule has 2 aliphatic heterocycles. The summed E-state index contributed by atoms with van der Waals surface area (Å²) in [6.45, 7) is 2.22. The molecule has 0 aliphatic carbocycles. The zero-order valence-electron chi connectivity index (χ0n) is 11.0. The van der Waals surface area contributed by atoms with Crippen LogP contribution in [-0.2, 0) is 11.2 Å². The fourth-order valence-corrected chi connectivity index (χ4v) is 2.95. The number of hydrogen-bond acceptors (Lipinski definition) is 3. The van der Waals surface area contributed by atoms with Crippen LogP contribution in [-0.4, -0.2) is 37.0 Å². The molecule has 5 heteroatoms. The first kappa shape index (κ1) is 12.8. The molecule has 0 atom stereocenters. The monoisotopic (exact) mass is 279 g/mol. The second-order valence-corrected chi connectivity index (χ2v) is 5.84. The molecule has 2 aliphatic rings. The summed E-state index contributed by atoms with van der Waals surface area (Å²) >= 11 is 6.28. The number of benzene rings is 1. The molecule has 1 saturated heterocycles. The van der Waals surface area contributed by atoms with Gasteiger partial charge in [0.25, 0.3) is 0 Å². The molecular weight excluding hydrogens is 262 g/mol. The minimum atomic E-state index is 0.0440. The van der Waals surface area contributed by atoms with E-state index >= 15 is 0 Å². The van der Waals surface area contributed by atoms with Gasteiger partial charge in [-0.3, -0.25) is 4.79 Å². The van der Waals surface area contributed by atoms with E-state index in [0.717, 1.165) is 42.9 Å². The number of anilines is 2. The van der Waals surface area contributed by atoms with Crippen molar-refractivity contribution < 1.29 is 4.79 Å². The van der Waals surface area contributed by atoms with Crippen LogP contribution in [0.3, 0.4) is 0 Å². The molecule has 2 heterocycles. The molecule has 0 spiro atoms. The smallest absolute Gasteiger partial charge is 0.228 e. The van der Waals surface area contributed by atoms with Gasteiger partial charge < -0.3 is 15.5 Å². The minimum absolute atomic E-state index is 0.0440. The maximum atomic E-state index is 11.4. The van der Waals surface area contributed by atoms with E-state index in [2.05, 4.69) is 22.6 Å². The first-order valence-corrected chi connectivity index (χ1v) is 7.07. The average Bonchev–Trinajstić information content (AvgIpc) is 2.72. The third-order valence-corrected chi connectivity index (χ3v) is 4.21. The van der Waals surface area contributed by atoms with Crippen molar-refractivity contribution in [3.63, 3.8) is 0 Å². The second kappa shape index (κ2) is 5.02. The van der Waals surface area contributed by atoms with Crippen molar-refractivity contribution in [2.24, 2.45) is 0 Å². The van der Waals surface area contributed by atoms with E-state index in [1.54, 1.807) is 0 Å². The Morgan fingerprint density at radius 1 is 1.37 bits per heavy atom. The number of hydrogen-bond donors (Lipinski definition) is 2. The maximum absolute atomic E-state index is 11.4. The fourth-order valence-electron chi connectivity index (χ4n) is 2.73. The lowest BCUT2D eigenvalue weighted by Crippen LogP contribution is -2.36. The summed E-state index contributed by atoms with van der Waals surface area (Å²) in [5, 5.41) is 7.01. The lowest BCUT2D eigenvalue weighted by Gasteiger charge is -2.30. The Morgan fingerprint density at radius 3 is 2.84 bits per heavy atom. The predicted molar refractivity (Wildman–Crippen MR) is 77.9 cm³/mol. The van der Waals surface area contributed by atoms with E-state index in [1.807, 2.05) is 12.1 Å². The molecule has 0 saturated carbocycles. The maximum Gasteiger partial charge on any atom is 0.228 e. The molecule has 102 valence electrons. The molecule has 1 amide bonds. The van der Waals surface area contributed by atoms with Gasteiger partial charge >= 0.3 is 0 Å². The summed E-state index contributed by atoms with van der Waals surface area (Å²) in [6.07, 6.45) is 2.71. The number of rotatable bonds is 2. The highest BCUT2D eigenvalue weighted by Crippen LogP contribution is 2.33. The van der Waals surface area contributed by atoms with Crippen LogP contribution >= 0.6 is 11.6 Å². The fraction of sp³-hybridized carbons (Fsp3) is 0.500. The number of fused-ring (bicyclic) bond motifs is 1. The molecule has 3 rings (SSSR count). The van der Waals surface area contributed by atoms with E-state index < -0.39 is 0 Å². The van der Waals surface area contributed by atoms with Gasteiger partial charge in [0.2, 0.25) is 5.91 Å². The Kier molecular flexibility index (Phi) is 3.37. The summed E-state index contributed by atoms with van der Waals surface area (Å²) in [7, 11) is 2.15. The van der Waals surface area contributed by atoms with Gasteiger partial charge in [0.05, 0.1) is 17.1 Å². The van der Waals surface area contributed by atoms with Gasteiger partial charge in [0.1, 0.15) is 0 Å². The van der Waals surface area contributed by atoms with Gasteiger partial charge in [-0.15, -0.1) is 0 Å². The van der Waals surface area contributed by atoms with E-state index in [1.165, 1.54) is 0 Å². The van der Waals surface area contributed by atoms with Crippen LogP contribution in [0.15, 0.2) is 12.1 Å².